The van der Waals surface area contributed by atoms with E-state index in [9.17, 15) is 0 Å². The average Bonchev–Trinajstić information content (AvgIpc) is 2.58. The predicted molar refractivity (Wildman–Crippen MR) is 87.2 cm³/mol. The number of hydrogen-bond donors (Lipinski definition) is 1. The lowest BCUT2D eigenvalue weighted by molar-refractivity contribution is 0.367. The van der Waals surface area contributed by atoms with Gasteiger partial charge in [0.15, 0.2) is 11.5 Å². The van der Waals surface area contributed by atoms with Gasteiger partial charge in [0.1, 0.15) is 0 Å². The van der Waals surface area contributed by atoms with Gasteiger partial charge in [-0.15, -0.1) is 0 Å². The fourth-order valence-corrected chi connectivity index (χ4v) is 2.98. The van der Waals surface area contributed by atoms with Gasteiger partial charge in [0.25, 0.3) is 0 Å². The molecule has 4 nitrogen and oxygen atoms in total. The van der Waals surface area contributed by atoms with E-state index >= 15 is 0 Å². The molecule has 1 saturated heterocycles. The van der Waals surface area contributed by atoms with E-state index in [-0.39, 0.29) is 0 Å². The first-order chi connectivity index (χ1) is 10.8. The summed E-state index contributed by atoms with van der Waals surface area (Å²) in [6, 6.07) is 9.48. The smallest absolute Gasteiger partial charge is 0.222 e. The number of piperidine rings is 1. The highest BCUT2D eigenvalue weighted by molar-refractivity contribution is 6.32. The lowest BCUT2D eigenvalue weighted by Gasteiger charge is -2.24. The topological polar surface area (TPSA) is 43.4 Å². The number of ether oxygens (including phenoxy) is 2. The van der Waals surface area contributed by atoms with Crippen molar-refractivity contribution in [1.29, 1.82) is 0 Å². The maximum Gasteiger partial charge on any atom is 0.222 e. The van der Waals surface area contributed by atoms with E-state index in [4.69, 9.17) is 21.1 Å². The molecule has 0 spiro atoms. The first-order valence-corrected chi connectivity index (χ1v) is 7.83. The van der Waals surface area contributed by atoms with E-state index < -0.39 is 0 Å². The summed E-state index contributed by atoms with van der Waals surface area (Å²) in [7, 11) is 1.60. The molecule has 1 fully saturated rings. The van der Waals surface area contributed by atoms with E-state index in [2.05, 4.69) is 16.4 Å². The molecule has 22 heavy (non-hydrogen) atoms. The van der Waals surface area contributed by atoms with Gasteiger partial charge in [-0.3, -0.25) is 0 Å². The van der Waals surface area contributed by atoms with Gasteiger partial charge in [-0.25, -0.2) is 4.98 Å². The summed E-state index contributed by atoms with van der Waals surface area (Å²) in [6.07, 6.45) is 3.91. The SMILES string of the molecule is COc1cccc(Cl)c1Oc1ncccc1C1CCNCC1. The van der Waals surface area contributed by atoms with Gasteiger partial charge in [0.2, 0.25) is 5.88 Å². The minimum atomic E-state index is 0.457. The second-order valence-corrected chi connectivity index (χ2v) is 5.70. The van der Waals surface area contributed by atoms with Crippen molar-refractivity contribution in [3.05, 3.63) is 47.1 Å². The Kier molecular flexibility index (Phi) is 4.80. The Balaban J connectivity index is 1.93. The van der Waals surface area contributed by atoms with Crippen molar-refractivity contribution < 1.29 is 9.47 Å². The van der Waals surface area contributed by atoms with Crippen LogP contribution in [0.4, 0.5) is 0 Å². The Hall–Kier alpha value is -1.78. The molecule has 0 amide bonds. The van der Waals surface area contributed by atoms with Crippen LogP contribution in [-0.2, 0) is 0 Å². The van der Waals surface area contributed by atoms with Crippen molar-refractivity contribution in [3.63, 3.8) is 0 Å². The molecule has 3 rings (SSSR count). The quantitative estimate of drug-likeness (QED) is 0.925. The largest absolute Gasteiger partial charge is 0.493 e. The number of benzene rings is 1. The Bertz CT molecular complexity index is 642. The van der Waals surface area contributed by atoms with Crippen molar-refractivity contribution in [2.75, 3.05) is 20.2 Å². The van der Waals surface area contributed by atoms with Gasteiger partial charge in [-0.2, -0.15) is 0 Å². The summed E-state index contributed by atoms with van der Waals surface area (Å²) in [5.41, 5.74) is 1.13. The van der Waals surface area contributed by atoms with Crippen LogP contribution in [0.1, 0.15) is 24.3 Å². The maximum atomic E-state index is 6.25. The van der Waals surface area contributed by atoms with E-state index in [1.807, 2.05) is 18.2 Å². The average molecular weight is 319 g/mol. The molecule has 1 aliphatic rings. The van der Waals surface area contributed by atoms with E-state index in [1.165, 1.54) is 0 Å². The lowest BCUT2D eigenvalue weighted by Crippen LogP contribution is -2.26. The molecular weight excluding hydrogens is 300 g/mol. The zero-order valence-corrected chi connectivity index (χ0v) is 13.3. The molecular formula is C17H19ClN2O2. The van der Waals surface area contributed by atoms with E-state index in [0.29, 0.717) is 28.3 Å². The first kappa shape index (κ1) is 15.1. The second-order valence-electron chi connectivity index (χ2n) is 5.30. The number of pyridine rings is 1. The number of rotatable bonds is 4. The van der Waals surface area contributed by atoms with Crippen LogP contribution < -0.4 is 14.8 Å². The summed E-state index contributed by atoms with van der Waals surface area (Å²) in [4.78, 5) is 4.41. The van der Waals surface area contributed by atoms with Gasteiger partial charge in [0, 0.05) is 11.8 Å². The molecule has 0 radical (unpaired) electrons. The molecule has 1 aromatic heterocycles. The Morgan fingerprint density at radius 3 is 2.77 bits per heavy atom. The van der Waals surface area contributed by atoms with Crippen LogP contribution in [0, 0.1) is 0 Å². The third kappa shape index (κ3) is 3.18. The lowest BCUT2D eigenvalue weighted by atomic mass is 9.91. The monoisotopic (exact) mass is 318 g/mol. The van der Waals surface area contributed by atoms with Crippen molar-refractivity contribution in [2.45, 2.75) is 18.8 Å². The fraction of sp³-hybridized carbons (Fsp3) is 0.353. The van der Waals surface area contributed by atoms with Crippen LogP contribution >= 0.6 is 11.6 Å². The van der Waals surface area contributed by atoms with Crippen molar-refractivity contribution in [3.8, 4) is 17.4 Å². The minimum Gasteiger partial charge on any atom is -0.493 e. The number of methoxy groups -OCH3 is 1. The molecule has 0 unspecified atom stereocenters. The molecule has 2 aromatic rings. The molecule has 1 aromatic carbocycles. The molecule has 1 N–H and O–H groups in total. The fourth-order valence-electron chi connectivity index (χ4n) is 2.78. The number of hydrogen-bond acceptors (Lipinski definition) is 4. The van der Waals surface area contributed by atoms with Gasteiger partial charge < -0.3 is 14.8 Å². The van der Waals surface area contributed by atoms with Gasteiger partial charge in [-0.1, -0.05) is 23.7 Å². The molecule has 2 heterocycles. The highest BCUT2D eigenvalue weighted by atomic mass is 35.5. The number of para-hydroxylation sites is 1. The normalized spacial score (nSPS) is 15.5. The van der Waals surface area contributed by atoms with Crippen LogP contribution in [-0.4, -0.2) is 25.2 Å². The summed E-state index contributed by atoms with van der Waals surface area (Å²) in [5, 5.41) is 3.89. The molecule has 5 heteroatoms. The van der Waals surface area contributed by atoms with Crippen LogP contribution in [0.2, 0.25) is 5.02 Å². The summed E-state index contributed by atoms with van der Waals surface area (Å²) in [6.45, 7) is 2.04. The third-order valence-corrected chi connectivity index (χ3v) is 4.23. The Labute approximate surface area is 135 Å². The van der Waals surface area contributed by atoms with E-state index in [1.54, 1.807) is 19.4 Å². The van der Waals surface area contributed by atoms with Gasteiger partial charge in [0.05, 0.1) is 12.1 Å². The first-order valence-electron chi connectivity index (χ1n) is 7.45. The Morgan fingerprint density at radius 2 is 2.00 bits per heavy atom. The van der Waals surface area contributed by atoms with Crippen molar-refractivity contribution in [1.82, 2.24) is 10.3 Å². The number of aromatic nitrogens is 1. The van der Waals surface area contributed by atoms with Gasteiger partial charge in [-0.05, 0) is 50.0 Å². The Morgan fingerprint density at radius 1 is 1.18 bits per heavy atom. The highest BCUT2D eigenvalue weighted by Gasteiger charge is 2.21. The molecule has 1 aliphatic heterocycles. The predicted octanol–water partition coefficient (Wildman–Crippen LogP) is 4.00. The third-order valence-electron chi connectivity index (χ3n) is 3.93. The van der Waals surface area contributed by atoms with Gasteiger partial charge >= 0.3 is 0 Å². The molecule has 0 aliphatic carbocycles. The molecule has 0 atom stereocenters. The zero-order chi connectivity index (χ0) is 15.4. The van der Waals surface area contributed by atoms with Crippen LogP contribution in [0.3, 0.4) is 0 Å². The number of nitrogens with zero attached hydrogens (tertiary/aromatic N) is 1. The number of nitrogens with one attached hydrogen (secondary N) is 1. The zero-order valence-electron chi connectivity index (χ0n) is 12.5. The van der Waals surface area contributed by atoms with Crippen LogP contribution in [0.15, 0.2) is 36.5 Å². The molecule has 0 bridgehead atoms. The van der Waals surface area contributed by atoms with Crippen molar-refractivity contribution >= 4 is 11.6 Å². The minimum absolute atomic E-state index is 0.457. The molecule has 116 valence electrons. The summed E-state index contributed by atoms with van der Waals surface area (Å²) in [5.74, 6) is 2.19. The second kappa shape index (κ2) is 6.99. The molecule has 0 saturated carbocycles. The maximum absolute atomic E-state index is 6.25. The highest BCUT2D eigenvalue weighted by Crippen LogP contribution is 2.40. The number of halogens is 1. The van der Waals surface area contributed by atoms with Crippen molar-refractivity contribution in [2.24, 2.45) is 0 Å². The summed E-state index contributed by atoms with van der Waals surface area (Å²) < 4.78 is 11.4. The summed E-state index contributed by atoms with van der Waals surface area (Å²) >= 11 is 6.25. The van der Waals surface area contributed by atoms with E-state index in [0.717, 1.165) is 31.5 Å². The standard InChI is InChI=1S/C17H19ClN2O2/c1-21-15-6-2-5-14(18)16(15)22-17-13(4-3-9-20-17)12-7-10-19-11-8-12/h2-6,9,12,19H,7-8,10-11H2,1H3. The van der Waals surface area contributed by atoms with Crippen LogP contribution in [0.25, 0.3) is 0 Å². The van der Waals surface area contributed by atoms with Crippen LogP contribution in [0.5, 0.6) is 17.4 Å².